The van der Waals surface area contributed by atoms with E-state index in [9.17, 15) is 18.0 Å². The van der Waals surface area contributed by atoms with E-state index in [0.717, 1.165) is 12.3 Å². The van der Waals surface area contributed by atoms with E-state index in [4.69, 9.17) is 0 Å². The van der Waals surface area contributed by atoms with Crippen molar-refractivity contribution >= 4 is 5.91 Å². The van der Waals surface area contributed by atoms with E-state index >= 15 is 0 Å². The number of carbonyl (C=O) groups excluding carboxylic acids is 1. The molecule has 2 unspecified atom stereocenters. The molecule has 0 spiro atoms. The van der Waals surface area contributed by atoms with E-state index in [1.165, 1.54) is 6.07 Å². The molecule has 2 heterocycles. The predicted octanol–water partition coefficient (Wildman–Crippen LogP) is 1.92. The number of aromatic nitrogens is 1. The number of carbonyl (C=O) groups is 1. The lowest BCUT2D eigenvalue weighted by molar-refractivity contribution is -0.141. The summed E-state index contributed by atoms with van der Waals surface area (Å²) in [4.78, 5) is 17.3. The monoisotopic (exact) mass is 287 g/mol. The SMILES string of the molecule is CC1CN(C(=O)c2ccc(C(F)(F)F)nc2)C(C)CN1. The van der Waals surface area contributed by atoms with Crippen molar-refractivity contribution in [3.63, 3.8) is 0 Å². The van der Waals surface area contributed by atoms with Crippen molar-refractivity contribution in [3.8, 4) is 0 Å². The van der Waals surface area contributed by atoms with Gasteiger partial charge in [0.05, 0.1) is 5.56 Å². The summed E-state index contributed by atoms with van der Waals surface area (Å²) in [6.45, 7) is 5.05. The van der Waals surface area contributed by atoms with Crippen molar-refractivity contribution in [3.05, 3.63) is 29.6 Å². The number of hydrogen-bond acceptors (Lipinski definition) is 3. The van der Waals surface area contributed by atoms with Gasteiger partial charge in [-0.1, -0.05) is 0 Å². The van der Waals surface area contributed by atoms with Crippen LogP contribution in [0.2, 0.25) is 0 Å². The van der Waals surface area contributed by atoms with E-state index in [2.05, 4.69) is 10.3 Å². The lowest BCUT2D eigenvalue weighted by atomic mass is 10.1. The number of pyridine rings is 1. The number of amides is 1. The van der Waals surface area contributed by atoms with Crippen LogP contribution >= 0.6 is 0 Å². The number of piperazine rings is 1. The minimum absolute atomic E-state index is 0.000919. The van der Waals surface area contributed by atoms with Crippen LogP contribution in [0.1, 0.15) is 29.9 Å². The first-order chi connectivity index (χ1) is 9.29. The van der Waals surface area contributed by atoms with Gasteiger partial charge in [0.15, 0.2) is 0 Å². The first-order valence-electron chi connectivity index (χ1n) is 6.36. The molecule has 20 heavy (non-hydrogen) atoms. The van der Waals surface area contributed by atoms with Crippen LogP contribution in [-0.4, -0.2) is 41.0 Å². The van der Waals surface area contributed by atoms with Crippen molar-refractivity contribution in [2.75, 3.05) is 13.1 Å². The zero-order valence-corrected chi connectivity index (χ0v) is 11.2. The molecule has 0 bridgehead atoms. The van der Waals surface area contributed by atoms with Crippen LogP contribution in [0.25, 0.3) is 0 Å². The minimum atomic E-state index is -4.49. The highest BCUT2D eigenvalue weighted by molar-refractivity contribution is 5.94. The molecule has 1 aliphatic heterocycles. The van der Waals surface area contributed by atoms with Crippen LogP contribution in [0, 0.1) is 0 Å². The van der Waals surface area contributed by atoms with Gasteiger partial charge in [-0.25, -0.2) is 0 Å². The number of alkyl halides is 3. The zero-order chi connectivity index (χ0) is 14.9. The molecule has 1 aromatic rings. The smallest absolute Gasteiger partial charge is 0.333 e. The molecular formula is C13H16F3N3O. The third kappa shape index (κ3) is 3.09. The first-order valence-corrected chi connectivity index (χ1v) is 6.36. The maximum absolute atomic E-state index is 12.4. The molecule has 1 amide bonds. The normalized spacial score (nSPS) is 23.8. The fraction of sp³-hybridized carbons (Fsp3) is 0.538. The van der Waals surface area contributed by atoms with Gasteiger partial charge in [-0.2, -0.15) is 13.2 Å². The van der Waals surface area contributed by atoms with Crippen LogP contribution in [0.4, 0.5) is 13.2 Å². The Morgan fingerprint density at radius 3 is 2.65 bits per heavy atom. The third-order valence-electron chi connectivity index (χ3n) is 3.33. The van der Waals surface area contributed by atoms with Gasteiger partial charge in [0, 0.05) is 31.4 Å². The summed E-state index contributed by atoms with van der Waals surface area (Å²) in [6.07, 6.45) is -3.50. The highest BCUT2D eigenvalue weighted by Gasteiger charge is 2.33. The highest BCUT2D eigenvalue weighted by Crippen LogP contribution is 2.27. The molecule has 110 valence electrons. The summed E-state index contributed by atoms with van der Waals surface area (Å²) in [5.74, 6) is -0.285. The van der Waals surface area contributed by atoms with E-state index in [1.54, 1.807) is 4.90 Å². The van der Waals surface area contributed by atoms with Gasteiger partial charge in [0.1, 0.15) is 5.69 Å². The van der Waals surface area contributed by atoms with Gasteiger partial charge in [-0.15, -0.1) is 0 Å². The Balaban J connectivity index is 2.16. The molecule has 4 nitrogen and oxygen atoms in total. The Labute approximate surface area is 115 Å². The third-order valence-corrected chi connectivity index (χ3v) is 3.33. The number of nitrogens with zero attached hydrogens (tertiary/aromatic N) is 2. The molecule has 0 aromatic carbocycles. The summed E-state index contributed by atoms with van der Waals surface area (Å²) in [7, 11) is 0. The molecule has 1 aliphatic rings. The average molecular weight is 287 g/mol. The Bertz CT molecular complexity index is 487. The van der Waals surface area contributed by atoms with E-state index in [0.29, 0.717) is 13.1 Å². The first kappa shape index (κ1) is 14.8. The van der Waals surface area contributed by atoms with Crippen LogP contribution in [0.3, 0.4) is 0 Å². The van der Waals surface area contributed by atoms with Gasteiger partial charge >= 0.3 is 6.18 Å². The number of halogens is 3. The van der Waals surface area contributed by atoms with Gasteiger partial charge in [-0.05, 0) is 26.0 Å². The van der Waals surface area contributed by atoms with Gasteiger partial charge in [0.25, 0.3) is 5.91 Å². The van der Waals surface area contributed by atoms with Crippen LogP contribution < -0.4 is 5.32 Å². The standard InChI is InChI=1S/C13H16F3N3O/c1-8-7-19(9(2)5-17-8)12(20)10-3-4-11(18-6-10)13(14,15)16/h3-4,6,8-9,17H,5,7H2,1-2H3. The fourth-order valence-corrected chi connectivity index (χ4v) is 2.16. The summed E-state index contributed by atoms with van der Waals surface area (Å²) in [6, 6.07) is 2.18. The second-order valence-corrected chi connectivity index (χ2v) is 5.05. The highest BCUT2D eigenvalue weighted by atomic mass is 19.4. The maximum atomic E-state index is 12.4. The lowest BCUT2D eigenvalue weighted by Gasteiger charge is -2.37. The predicted molar refractivity (Wildman–Crippen MR) is 67.2 cm³/mol. The van der Waals surface area contributed by atoms with E-state index in [-0.39, 0.29) is 23.6 Å². The quantitative estimate of drug-likeness (QED) is 0.858. The van der Waals surface area contributed by atoms with E-state index < -0.39 is 11.9 Å². The van der Waals surface area contributed by atoms with Crippen molar-refractivity contribution in [1.29, 1.82) is 0 Å². The van der Waals surface area contributed by atoms with E-state index in [1.807, 2.05) is 13.8 Å². The maximum Gasteiger partial charge on any atom is 0.433 e. The van der Waals surface area contributed by atoms with Gasteiger partial charge in [-0.3, -0.25) is 9.78 Å². The second-order valence-electron chi connectivity index (χ2n) is 5.05. The molecule has 0 aliphatic carbocycles. The Hall–Kier alpha value is -1.63. The summed E-state index contributed by atoms with van der Waals surface area (Å²) < 4.78 is 37.3. The minimum Gasteiger partial charge on any atom is -0.333 e. The van der Waals surface area contributed by atoms with Crippen molar-refractivity contribution in [1.82, 2.24) is 15.2 Å². The molecule has 2 atom stereocenters. The average Bonchev–Trinajstić information content (AvgIpc) is 2.40. The molecule has 2 rings (SSSR count). The summed E-state index contributed by atoms with van der Waals surface area (Å²) in [5.41, 5.74) is -0.810. The fourth-order valence-electron chi connectivity index (χ4n) is 2.16. The largest absolute Gasteiger partial charge is 0.433 e. The summed E-state index contributed by atoms with van der Waals surface area (Å²) >= 11 is 0. The topological polar surface area (TPSA) is 45.2 Å². The van der Waals surface area contributed by atoms with Crippen molar-refractivity contribution in [2.24, 2.45) is 0 Å². The number of nitrogens with one attached hydrogen (secondary N) is 1. The Morgan fingerprint density at radius 2 is 2.10 bits per heavy atom. The molecule has 7 heteroatoms. The molecule has 1 aromatic heterocycles. The summed E-state index contributed by atoms with van der Waals surface area (Å²) in [5, 5.41) is 3.24. The van der Waals surface area contributed by atoms with Crippen LogP contribution in [-0.2, 0) is 6.18 Å². The molecular weight excluding hydrogens is 271 g/mol. The van der Waals surface area contributed by atoms with Crippen LogP contribution in [0.15, 0.2) is 18.3 Å². The second kappa shape index (κ2) is 5.40. The van der Waals surface area contributed by atoms with Crippen molar-refractivity contribution < 1.29 is 18.0 Å². The Morgan fingerprint density at radius 1 is 1.40 bits per heavy atom. The van der Waals surface area contributed by atoms with Crippen molar-refractivity contribution in [2.45, 2.75) is 32.1 Å². The molecule has 0 saturated carbocycles. The Kier molecular flexibility index (Phi) is 3.99. The molecule has 1 N–H and O–H groups in total. The molecule has 1 saturated heterocycles. The number of hydrogen-bond donors (Lipinski definition) is 1. The number of rotatable bonds is 1. The molecule has 0 radical (unpaired) electrons. The van der Waals surface area contributed by atoms with Gasteiger partial charge in [0.2, 0.25) is 0 Å². The van der Waals surface area contributed by atoms with Crippen LogP contribution in [0.5, 0.6) is 0 Å². The zero-order valence-electron chi connectivity index (χ0n) is 11.2. The van der Waals surface area contributed by atoms with Gasteiger partial charge < -0.3 is 10.2 Å². The molecule has 1 fully saturated rings. The lowest BCUT2D eigenvalue weighted by Crippen LogP contribution is -2.56.